The number of fused-ring (bicyclic) bond motifs is 1. The van der Waals surface area contributed by atoms with E-state index in [-0.39, 0.29) is 12.5 Å². The van der Waals surface area contributed by atoms with Gasteiger partial charge in [0, 0.05) is 24.9 Å². The minimum Gasteiger partial charge on any atom is -0.490 e. The molecule has 0 amide bonds. The van der Waals surface area contributed by atoms with Gasteiger partial charge in [-0.05, 0) is 24.1 Å². The smallest absolute Gasteiger partial charge is 0.161 e. The molecule has 0 radical (unpaired) electrons. The summed E-state index contributed by atoms with van der Waals surface area (Å²) in [7, 11) is 0. The number of benzene rings is 1. The zero-order valence-electron chi connectivity index (χ0n) is 11.0. The van der Waals surface area contributed by atoms with Crippen molar-refractivity contribution >= 4 is 0 Å². The van der Waals surface area contributed by atoms with Crippen LogP contribution in [0.15, 0.2) is 18.2 Å². The molecule has 0 saturated carbocycles. The third-order valence-electron chi connectivity index (χ3n) is 3.79. The molecule has 1 saturated heterocycles. The molecule has 2 aliphatic rings. The summed E-state index contributed by atoms with van der Waals surface area (Å²) >= 11 is 0. The third kappa shape index (κ3) is 2.85. The molecule has 1 fully saturated rings. The third-order valence-corrected chi connectivity index (χ3v) is 3.79. The zero-order chi connectivity index (χ0) is 13.1. The van der Waals surface area contributed by atoms with Gasteiger partial charge >= 0.3 is 0 Å². The Morgan fingerprint density at radius 1 is 1.16 bits per heavy atom. The van der Waals surface area contributed by atoms with E-state index in [1.807, 2.05) is 18.2 Å². The molecule has 0 aliphatic carbocycles. The Bertz CT molecular complexity index is 428. The molecule has 1 atom stereocenters. The fraction of sp³-hybridized carbons (Fsp3) is 0.600. The van der Waals surface area contributed by atoms with Gasteiger partial charge in [0.2, 0.25) is 0 Å². The minimum atomic E-state index is 0.158. The number of aliphatic hydroxyl groups excluding tert-OH is 1. The van der Waals surface area contributed by atoms with Crippen LogP contribution in [0.4, 0.5) is 0 Å². The maximum Gasteiger partial charge on any atom is 0.161 e. The second kappa shape index (κ2) is 5.80. The van der Waals surface area contributed by atoms with Crippen LogP contribution in [0.2, 0.25) is 0 Å². The lowest BCUT2D eigenvalue weighted by Crippen LogP contribution is -2.29. The van der Waals surface area contributed by atoms with Gasteiger partial charge in [0.25, 0.3) is 0 Å². The van der Waals surface area contributed by atoms with E-state index >= 15 is 0 Å². The van der Waals surface area contributed by atoms with Crippen LogP contribution >= 0.6 is 0 Å². The molecule has 104 valence electrons. The Labute approximate surface area is 113 Å². The molecule has 3 rings (SSSR count). The number of rotatable bonds is 4. The molecule has 0 bridgehead atoms. The molecule has 2 heterocycles. The van der Waals surface area contributed by atoms with Crippen molar-refractivity contribution in [3.05, 3.63) is 23.8 Å². The lowest BCUT2D eigenvalue weighted by atomic mass is 9.88. The van der Waals surface area contributed by atoms with Crippen LogP contribution in [0.25, 0.3) is 0 Å². The molecule has 1 unspecified atom stereocenters. The van der Waals surface area contributed by atoms with Crippen molar-refractivity contribution in [2.24, 2.45) is 5.92 Å². The fourth-order valence-electron chi connectivity index (χ4n) is 2.57. The molecule has 0 aromatic heterocycles. The van der Waals surface area contributed by atoms with Gasteiger partial charge in [0.1, 0.15) is 0 Å². The zero-order valence-corrected chi connectivity index (χ0v) is 11.0. The van der Waals surface area contributed by atoms with Gasteiger partial charge in [0.15, 0.2) is 11.5 Å². The monoisotopic (exact) mass is 264 g/mol. The van der Waals surface area contributed by atoms with Crippen molar-refractivity contribution in [3.8, 4) is 11.5 Å². The van der Waals surface area contributed by atoms with E-state index in [1.165, 1.54) is 0 Å². The average molecular weight is 264 g/mol. The summed E-state index contributed by atoms with van der Waals surface area (Å²) in [5.74, 6) is 2.35. The molecule has 19 heavy (non-hydrogen) atoms. The van der Waals surface area contributed by atoms with Gasteiger partial charge in [-0.1, -0.05) is 6.07 Å². The van der Waals surface area contributed by atoms with Gasteiger partial charge < -0.3 is 19.3 Å². The predicted octanol–water partition coefficient (Wildman–Crippen LogP) is 1.96. The van der Waals surface area contributed by atoms with Gasteiger partial charge in [-0.15, -0.1) is 0 Å². The first-order valence-electron chi connectivity index (χ1n) is 6.95. The van der Waals surface area contributed by atoms with E-state index in [0.29, 0.717) is 19.1 Å². The number of hydrogen-bond donors (Lipinski definition) is 1. The lowest BCUT2D eigenvalue weighted by Gasteiger charge is -2.29. The van der Waals surface area contributed by atoms with E-state index < -0.39 is 0 Å². The van der Waals surface area contributed by atoms with Crippen LogP contribution in [0.1, 0.15) is 24.3 Å². The molecule has 2 aliphatic heterocycles. The second-order valence-corrected chi connectivity index (χ2v) is 5.28. The van der Waals surface area contributed by atoms with Gasteiger partial charge in [-0.25, -0.2) is 0 Å². The van der Waals surface area contributed by atoms with Crippen LogP contribution < -0.4 is 9.47 Å². The minimum absolute atomic E-state index is 0.158. The fourth-order valence-corrected chi connectivity index (χ4v) is 2.57. The number of ether oxygens (including phenoxy) is 3. The van der Waals surface area contributed by atoms with Crippen LogP contribution in [-0.4, -0.2) is 38.1 Å². The van der Waals surface area contributed by atoms with Crippen molar-refractivity contribution < 1.29 is 19.3 Å². The Morgan fingerprint density at radius 3 is 2.63 bits per heavy atom. The van der Waals surface area contributed by atoms with Crippen molar-refractivity contribution in [2.75, 3.05) is 33.0 Å². The first kappa shape index (κ1) is 12.8. The highest BCUT2D eigenvalue weighted by Gasteiger charge is 2.24. The number of hydrogen-bond acceptors (Lipinski definition) is 4. The van der Waals surface area contributed by atoms with Crippen LogP contribution in [-0.2, 0) is 4.74 Å². The van der Waals surface area contributed by atoms with Crippen LogP contribution in [0, 0.1) is 5.92 Å². The molecular formula is C15H20O4. The van der Waals surface area contributed by atoms with Crippen molar-refractivity contribution in [3.63, 3.8) is 0 Å². The summed E-state index contributed by atoms with van der Waals surface area (Å²) in [5, 5.41) is 9.59. The van der Waals surface area contributed by atoms with Crippen molar-refractivity contribution in [1.82, 2.24) is 0 Å². The van der Waals surface area contributed by atoms with Crippen molar-refractivity contribution in [2.45, 2.75) is 18.8 Å². The van der Waals surface area contributed by atoms with Crippen LogP contribution in [0.5, 0.6) is 11.5 Å². The molecule has 1 aromatic carbocycles. The maximum absolute atomic E-state index is 9.59. The average Bonchev–Trinajstić information content (AvgIpc) is 2.62. The van der Waals surface area contributed by atoms with E-state index in [0.717, 1.165) is 43.1 Å². The highest BCUT2D eigenvalue weighted by Crippen LogP contribution is 2.35. The van der Waals surface area contributed by atoms with Gasteiger partial charge in [0.05, 0.1) is 26.4 Å². The predicted molar refractivity (Wildman–Crippen MR) is 70.8 cm³/mol. The molecule has 4 nitrogen and oxygen atoms in total. The molecular weight excluding hydrogens is 244 g/mol. The largest absolute Gasteiger partial charge is 0.490 e. The molecule has 0 spiro atoms. The summed E-state index contributed by atoms with van der Waals surface area (Å²) in [5.41, 5.74) is 1.12. The maximum atomic E-state index is 9.59. The Hall–Kier alpha value is -1.26. The first-order chi connectivity index (χ1) is 9.36. The molecule has 4 heteroatoms. The summed E-state index contributed by atoms with van der Waals surface area (Å²) in [6, 6.07) is 6.00. The second-order valence-electron chi connectivity index (χ2n) is 5.28. The highest BCUT2D eigenvalue weighted by molar-refractivity contribution is 5.44. The first-order valence-corrected chi connectivity index (χ1v) is 6.95. The quantitative estimate of drug-likeness (QED) is 0.903. The Kier molecular flexibility index (Phi) is 3.89. The number of aliphatic hydroxyl groups is 1. The van der Waals surface area contributed by atoms with E-state index in [9.17, 15) is 5.11 Å². The molecule has 1 N–H and O–H groups in total. The Morgan fingerprint density at radius 2 is 1.95 bits per heavy atom. The summed E-state index contributed by atoms with van der Waals surface area (Å²) < 4.78 is 16.5. The van der Waals surface area contributed by atoms with E-state index in [2.05, 4.69) is 0 Å². The summed E-state index contributed by atoms with van der Waals surface area (Å²) in [4.78, 5) is 0. The van der Waals surface area contributed by atoms with Gasteiger partial charge in [-0.3, -0.25) is 0 Å². The van der Waals surface area contributed by atoms with Gasteiger partial charge in [-0.2, -0.15) is 0 Å². The normalized spacial score (nSPS) is 20.5. The molecule has 1 aromatic rings. The van der Waals surface area contributed by atoms with Crippen LogP contribution in [0.3, 0.4) is 0 Å². The SMILES string of the molecule is OCC(CC1COC1)c1ccc2c(c1)OCCCO2. The summed E-state index contributed by atoms with van der Waals surface area (Å²) in [6.07, 6.45) is 1.88. The summed E-state index contributed by atoms with van der Waals surface area (Å²) in [6.45, 7) is 3.20. The lowest BCUT2D eigenvalue weighted by molar-refractivity contribution is -0.0405. The van der Waals surface area contributed by atoms with E-state index in [4.69, 9.17) is 14.2 Å². The highest BCUT2D eigenvalue weighted by atomic mass is 16.5. The topological polar surface area (TPSA) is 47.9 Å². The Balaban J connectivity index is 1.76. The van der Waals surface area contributed by atoms with Crippen molar-refractivity contribution in [1.29, 1.82) is 0 Å². The standard InChI is InChI=1S/C15H20O4/c16-8-13(6-11-9-17-10-11)12-2-3-14-15(7-12)19-5-1-4-18-14/h2-3,7,11,13,16H,1,4-6,8-10H2. The van der Waals surface area contributed by atoms with E-state index in [1.54, 1.807) is 0 Å².